The van der Waals surface area contributed by atoms with Crippen molar-refractivity contribution < 1.29 is 32.7 Å². The van der Waals surface area contributed by atoms with Crippen molar-refractivity contribution in [1.29, 1.82) is 0 Å². The molecular formula is C20H27F3N4O4. The molecule has 3 amide bonds. The van der Waals surface area contributed by atoms with E-state index in [2.05, 4.69) is 10.3 Å². The number of likely N-dealkylation sites (tertiary alicyclic amines) is 2. The van der Waals surface area contributed by atoms with Gasteiger partial charge >= 0.3 is 18.2 Å². The molecule has 1 aromatic rings. The van der Waals surface area contributed by atoms with Gasteiger partial charge in [0.2, 0.25) is 5.91 Å². The number of halogens is 3. The zero-order valence-corrected chi connectivity index (χ0v) is 17.5. The van der Waals surface area contributed by atoms with Gasteiger partial charge in [0.05, 0.1) is 0 Å². The largest absolute Gasteiger partial charge is 0.490 e. The summed E-state index contributed by atoms with van der Waals surface area (Å²) >= 11 is 0. The molecular weight excluding hydrogens is 417 g/mol. The number of aliphatic carboxylic acids is 1. The molecule has 11 heteroatoms. The molecule has 0 atom stereocenters. The van der Waals surface area contributed by atoms with Crippen molar-refractivity contribution in [2.24, 2.45) is 0 Å². The highest BCUT2D eigenvalue weighted by Crippen LogP contribution is 2.40. The molecule has 2 saturated heterocycles. The second-order valence-corrected chi connectivity index (χ2v) is 7.95. The molecule has 2 fully saturated rings. The Balaban J connectivity index is 0.000000423. The number of nitrogens with one attached hydrogen (secondary N) is 1. The lowest BCUT2D eigenvalue weighted by Crippen LogP contribution is -2.55. The molecule has 0 saturated carbocycles. The molecule has 3 rings (SSSR count). The number of rotatable bonds is 3. The monoisotopic (exact) mass is 444 g/mol. The van der Waals surface area contributed by atoms with Crippen LogP contribution in [0.1, 0.15) is 45.1 Å². The lowest BCUT2D eigenvalue weighted by Gasteiger charge is -2.45. The smallest absolute Gasteiger partial charge is 0.475 e. The molecule has 0 unspecified atom stereocenters. The average Bonchev–Trinajstić information content (AvgIpc) is 2.98. The summed E-state index contributed by atoms with van der Waals surface area (Å²) in [5, 5.41) is 10.1. The first-order chi connectivity index (χ1) is 14.4. The van der Waals surface area contributed by atoms with E-state index in [4.69, 9.17) is 9.90 Å². The Morgan fingerprint density at radius 3 is 2.23 bits per heavy atom. The third kappa shape index (κ3) is 6.56. The molecule has 8 nitrogen and oxygen atoms in total. The molecule has 172 valence electrons. The van der Waals surface area contributed by atoms with Gasteiger partial charge in [-0.2, -0.15) is 13.2 Å². The summed E-state index contributed by atoms with van der Waals surface area (Å²) in [5.41, 5.74) is 1.02. The zero-order valence-electron chi connectivity index (χ0n) is 17.5. The fourth-order valence-electron chi connectivity index (χ4n) is 3.78. The minimum Gasteiger partial charge on any atom is -0.475 e. The Morgan fingerprint density at radius 2 is 1.74 bits per heavy atom. The minimum absolute atomic E-state index is 0.00450. The first-order valence-electron chi connectivity index (χ1n) is 9.99. The van der Waals surface area contributed by atoms with Gasteiger partial charge in [-0.1, -0.05) is 0 Å². The van der Waals surface area contributed by atoms with Crippen LogP contribution in [-0.2, 0) is 16.1 Å². The average molecular weight is 444 g/mol. The van der Waals surface area contributed by atoms with Crippen molar-refractivity contribution in [3.8, 4) is 0 Å². The first-order valence-corrected chi connectivity index (χ1v) is 9.99. The molecule has 2 N–H and O–H groups in total. The van der Waals surface area contributed by atoms with Crippen LogP contribution in [0, 0.1) is 0 Å². The van der Waals surface area contributed by atoms with Gasteiger partial charge in [-0.05, 0) is 50.8 Å². The Hall–Kier alpha value is -2.85. The number of alkyl halides is 3. The second-order valence-electron chi connectivity index (χ2n) is 7.95. The number of pyridine rings is 1. The highest BCUT2D eigenvalue weighted by atomic mass is 19.4. The summed E-state index contributed by atoms with van der Waals surface area (Å²) in [6.45, 7) is 5.99. The Kier molecular flexibility index (Phi) is 7.85. The van der Waals surface area contributed by atoms with Crippen LogP contribution in [0.5, 0.6) is 0 Å². The molecule has 3 heterocycles. The van der Waals surface area contributed by atoms with Crippen LogP contribution in [0.2, 0.25) is 0 Å². The summed E-state index contributed by atoms with van der Waals surface area (Å²) < 4.78 is 31.7. The summed E-state index contributed by atoms with van der Waals surface area (Å²) in [6.07, 6.45) is 1.67. The molecule has 31 heavy (non-hydrogen) atoms. The number of hydrogen-bond donors (Lipinski definition) is 2. The maximum atomic E-state index is 12.4. The van der Waals surface area contributed by atoms with Crippen molar-refractivity contribution in [2.75, 3.05) is 13.1 Å². The number of piperidine rings is 1. The molecule has 2 aliphatic rings. The number of urea groups is 1. The van der Waals surface area contributed by atoms with Crippen molar-refractivity contribution in [2.45, 2.75) is 63.8 Å². The van der Waals surface area contributed by atoms with E-state index in [1.807, 2.05) is 35.8 Å². The molecule has 0 aromatic carbocycles. The molecule has 0 radical (unpaired) electrons. The first kappa shape index (κ1) is 24.4. The van der Waals surface area contributed by atoms with Crippen LogP contribution in [0.4, 0.5) is 18.0 Å². The van der Waals surface area contributed by atoms with E-state index < -0.39 is 12.1 Å². The van der Waals surface area contributed by atoms with Crippen LogP contribution < -0.4 is 5.32 Å². The Morgan fingerprint density at radius 1 is 1.19 bits per heavy atom. The number of carboxylic acids is 1. The van der Waals surface area contributed by atoms with Gasteiger partial charge in [-0.15, -0.1) is 0 Å². The maximum Gasteiger partial charge on any atom is 0.490 e. The van der Waals surface area contributed by atoms with Crippen molar-refractivity contribution >= 4 is 17.9 Å². The molecule has 1 spiro atoms. The van der Waals surface area contributed by atoms with Crippen LogP contribution in [0.3, 0.4) is 0 Å². The number of nitrogens with zero attached hydrogens (tertiary/aromatic N) is 3. The Bertz CT molecular complexity index is 778. The Labute approximate surface area is 178 Å². The van der Waals surface area contributed by atoms with E-state index in [0.717, 1.165) is 24.8 Å². The normalized spacial score (nSPS) is 18.1. The van der Waals surface area contributed by atoms with Crippen LogP contribution in [0.25, 0.3) is 0 Å². The minimum atomic E-state index is -5.08. The SMILES string of the molecule is CC(C)NC(=O)N1CCC2(CCC(=O)N2Cc2ccncc2)CC1.O=C(O)C(F)(F)F. The summed E-state index contributed by atoms with van der Waals surface area (Å²) in [5.74, 6) is -2.53. The van der Waals surface area contributed by atoms with E-state index in [1.165, 1.54) is 0 Å². The summed E-state index contributed by atoms with van der Waals surface area (Å²) in [4.78, 5) is 41.5. The predicted octanol–water partition coefficient (Wildman–Crippen LogP) is 2.79. The molecule has 0 bridgehead atoms. The lowest BCUT2D eigenvalue weighted by molar-refractivity contribution is -0.192. The van der Waals surface area contributed by atoms with E-state index >= 15 is 0 Å². The van der Waals surface area contributed by atoms with Gasteiger partial charge in [0.25, 0.3) is 0 Å². The quantitative estimate of drug-likeness (QED) is 0.746. The highest BCUT2D eigenvalue weighted by Gasteiger charge is 2.47. The van der Waals surface area contributed by atoms with Gasteiger partial charge in [0, 0.05) is 50.0 Å². The summed E-state index contributed by atoms with van der Waals surface area (Å²) in [6, 6.07) is 4.07. The number of carbonyl (C=O) groups is 3. The van der Waals surface area contributed by atoms with Gasteiger partial charge in [0.15, 0.2) is 0 Å². The topological polar surface area (TPSA) is 103 Å². The van der Waals surface area contributed by atoms with Gasteiger partial charge in [0.1, 0.15) is 0 Å². The van der Waals surface area contributed by atoms with Crippen molar-refractivity contribution in [3.05, 3.63) is 30.1 Å². The fourth-order valence-corrected chi connectivity index (χ4v) is 3.78. The van der Waals surface area contributed by atoms with Crippen LogP contribution >= 0.6 is 0 Å². The van der Waals surface area contributed by atoms with Crippen molar-refractivity contribution in [1.82, 2.24) is 20.1 Å². The number of carboxylic acid groups (broad SMARTS) is 1. The van der Waals surface area contributed by atoms with Crippen LogP contribution in [0.15, 0.2) is 24.5 Å². The molecule has 1 aromatic heterocycles. The maximum absolute atomic E-state index is 12.4. The third-order valence-electron chi connectivity index (χ3n) is 5.40. The second kappa shape index (κ2) is 9.97. The molecule has 0 aliphatic carbocycles. The van der Waals surface area contributed by atoms with Gasteiger partial charge in [-0.3, -0.25) is 9.78 Å². The van der Waals surface area contributed by atoms with E-state index in [-0.39, 0.29) is 23.5 Å². The van der Waals surface area contributed by atoms with Gasteiger partial charge < -0.3 is 20.2 Å². The highest BCUT2D eigenvalue weighted by molar-refractivity contribution is 5.80. The summed E-state index contributed by atoms with van der Waals surface area (Å²) in [7, 11) is 0. The number of amides is 3. The van der Waals surface area contributed by atoms with E-state index in [0.29, 0.717) is 26.1 Å². The number of carbonyl (C=O) groups excluding carboxylic acids is 2. The number of aromatic nitrogens is 1. The van der Waals surface area contributed by atoms with E-state index in [1.54, 1.807) is 12.4 Å². The number of hydrogen-bond acceptors (Lipinski definition) is 4. The lowest BCUT2D eigenvalue weighted by atomic mass is 9.85. The predicted molar refractivity (Wildman–Crippen MR) is 105 cm³/mol. The van der Waals surface area contributed by atoms with Gasteiger partial charge in [-0.25, -0.2) is 9.59 Å². The van der Waals surface area contributed by atoms with E-state index in [9.17, 15) is 22.8 Å². The van der Waals surface area contributed by atoms with Crippen molar-refractivity contribution in [3.63, 3.8) is 0 Å². The fraction of sp³-hybridized carbons (Fsp3) is 0.600. The third-order valence-corrected chi connectivity index (χ3v) is 5.40. The zero-order chi connectivity index (χ0) is 23.2. The standard InChI is InChI=1S/C18H26N4O2.C2HF3O2/c1-14(2)20-17(24)21-11-7-18(8-12-21)6-3-16(23)22(18)13-15-4-9-19-10-5-15;3-2(4,5)1(6)7/h4-5,9-10,14H,3,6-8,11-13H2,1-2H3,(H,20,24);(H,6,7). The molecule has 2 aliphatic heterocycles. The van der Waals surface area contributed by atoms with Crippen LogP contribution in [-0.4, -0.2) is 68.6 Å².